The van der Waals surface area contributed by atoms with Crippen LogP contribution in [0.15, 0.2) is 41.0 Å². The number of aryl methyl sites for hydroxylation is 1. The number of nitrogens with zero attached hydrogens (tertiary/aromatic N) is 4. The number of anilines is 1. The molecular formula is C16H17N5OS2. The van der Waals surface area contributed by atoms with E-state index in [0.717, 1.165) is 28.7 Å². The highest BCUT2D eigenvalue weighted by Gasteiger charge is 2.16. The highest BCUT2D eigenvalue weighted by molar-refractivity contribution is 7.99. The standard InChI is InChI=1S/C16H17N5OS2/c1-3-21-14(12-7-5-4-6-11(12)2)19-20-16(21)24-10-13(22)18-15-17-8-9-23-15/h4-9H,3,10H2,1-2H3,(H,17,18,22). The smallest absolute Gasteiger partial charge is 0.236 e. The Labute approximate surface area is 148 Å². The minimum Gasteiger partial charge on any atom is -0.302 e. The fourth-order valence-corrected chi connectivity index (χ4v) is 3.62. The van der Waals surface area contributed by atoms with Crippen molar-refractivity contribution in [2.24, 2.45) is 0 Å². The van der Waals surface area contributed by atoms with Gasteiger partial charge in [-0.2, -0.15) is 0 Å². The maximum atomic E-state index is 12.0. The van der Waals surface area contributed by atoms with Crippen LogP contribution in [-0.2, 0) is 11.3 Å². The minimum absolute atomic E-state index is 0.0990. The normalized spacial score (nSPS) is 10.8. The average molecular weight is 359 g/mol. The van der Waals surface area contributed by atoms with Crippen LogP contribution in [0.5, 0.6) is 0 Å². The SMILES string of the molecule is CCn1c(SCC(=O)Nc2nccs2)nnc1-c1ccccc1C. The molecule has 2 aromatic heterocycles. The number of carbonyl (C=O) groups excluding carboxylic acids is 1. The van der Waals surface area contributed by atoms with Gasteiger partial charge in [-0.3, -0.25) is 4.79 Å². The number of benzene rings is 1. The number of amides is 1. The molecule has 2 heterocycles. The van der Waals surface area contributed by atoms with E-state index in [1.807, 2.05) is 35.1 Å². The van der Waals surface area contributed by atoms with Crippen LogP contribution in [0.1, 0.15) is 12.5 Å². The summed E-state index contributed by atoms with van der Waals surface area (Å²) in [7, 11) is 0. The molecule has 0 radical (unpaired) electrons. The van der Waals surface area contributed by atoms with Crippen molar-refractivity contribution >= 4 is 34.1 Å². The Hall–Kier alpha value is -2.19. The summed E-state index contributed by atoms with van der Waals surface area (Å²) in [4.78, 5) is 16.0. The maximum Gasteiger partial charge on any atom is 0.236 e. The Bertz CT molecular complexity index is 829. The van der Waals surface area contributed by atoms with Crippen LogP contribution >= 0.6 is 23.1 Å². The van der Waals surface area contributed by atoms with Crippen LogP contribution < -0.4 is 5.32 Å². The van der Waals surface area contributed by atoms with Gasteiger partial charge in [-0.1, -0.05) is 36.0 Å². The van der Waals surface area contributed by atoms with Crippen LogP contribution in [0.3, 0.4) is 0 Å². The predicted molar refractivity (Wildman–Crippen MR) is 97.3 cm³/mol. The number of hydrogen-bond donors (Lipinski definition) is 1. The molecule has 0 atom stereocenters. The topological polar surface area (TPSA) is 72.7 Å². The van der Waals surface area contributed by atoms with E-state index in [9.17, 15) is 4.79 Å². The minimum atomic E-state index is -0.0990. The van der Waals surface area contributed by atoms with Crippen LogP contribution in [0.25, 0.3) is 11.4 Å². The molecule has 8 heteroatoms. The second-order valence-electron chi connectivity index (χ2n) is 5.04. The van der Waals surface area contributed by atoms with Gasteiger partial charge in [0.1, 0.15) is 0 Å². The monoisotopic (exact) mass is 359 g/mol. The molecule has 3 aromatic rings. The lowest BCUT2D eigenvalue weighted by atomic mass is 10.1. The number of rotatable bonds is 6. The molecule has 0 fully saturated rings. The van der Waals surface area contributed by atoms with Gasteiger partial charge in [0, 0.05) is 23.7 Å². The first-order valence-electron chi connectivity index (χ1n) is 7.50. The number of nitrogens with one attached hydrogen (secondary N) is 1. The molecule has 3 rings (SSSR count). The third-order valence-electron chi connectivity index (χ3n) is 3.43. The molecule has 0 aliphatic rings. The Kier molecular flexibility index (Phi) is 5.27. The van der Waals surface area contributed by atoms with Gasteiger partial charge in [0.05, 0.1) is 5.75 Å². The summed E-state index contributed by atoms with van der Waals surface area (Å²) in [5.41, 5.74) is 2.21. The number of thiazole rings is 1. The van der Waals surface area contributed by atoms with E-state index in [2.05, 4.69) is 33.5 Å². The van der Waals surface area contributed by atoms with Gasteiger partial charge in [-0.05, 0) is 19.4 Å². The van der Waals surface area contributed by atoms with Crippen molar-refractivity contribution in [1.29, 1.82) is 0 Å². The summed E-state index contributed by atoms with van der Waals surface area (Å²) in [5, 5.41) is 14.5. The molecule has 0 saturated heterocycles. The fraction of sp³-hybridized carbons (Fsp3) is 0.250. The van der Waals surface area contributed by atoms with Crippen LogP contribution in [0, 0.1) is 6.92 Å². The van der Waals surface area contributed by atoms with Crippen LogP contribution in [0.4, 0.5) is 5.13 Å². The zero-order valence-corrected chi connectivity index (χ0v) is 15.0. The Morgan fingerprint density at radius 2 is 2.17 bits per heavy atom. The third-order valence-corrected chi connectivity index (χ3v) is 5.09. The highest BCUT2D eigenvalue weighted by atomic mass is 32.2. The van der Waals surface area contributed by atoms with E-state index in [1.165, 1.54) is 23.1 Å². The molecule has 124 valence electrons. The first-order valence-corrected chi connectivity index (χ1v) is 9.37. The molecule has 0 aliphatic carbocycles. The molecule has 0 bridgehead atoms. The number of aromatic nitrogens is 4. The van der Waals surface area contributed by atoms with E-state index in [-0.39, 0.29) is 11.7 Å². The molecule has 6 nitrogen and oxygen atoms in total. The summed E-state index contributed by atoms with van der Waals surface area (Å²) in [6.07, 6.45) is 1.66. The number of carbonyl (C=O) groups is 1. The first-order chi connectivity index (χ1) is 11.7. The highest BCUT2D eigenvalue weighted by Crippen LogP contribution is 2.26. The summed E-state index contributed by atoms with van der Waals surface area (Å²) >= 11 is 2.78. The lowest BCUT2D eigenvalue weighted by Crippen LogP contribution is -2.14. The van der Waals surface area contributed by atoms with Crippen molar-refractivity contribution in [3.63, 3.8) is 0 Å². The quantitative estimate of drug-likeness (QED) is 0.682. The predicted octanol–water partition coefficient (Wildman–Crippen LogP) is 3.46. The Morgan fingerprint density at radius 1 is 1.33 bits per heavy atom. The second kappa shape index (κ2) is 7.59. The van der Waals surface area contributed by atoms with Crippen molar-refractivity contribution < 1.29 is 4.79 Å². The molecule has 1 amide bonds. The molecule has 0 saturated carbocycles. The first kappa shape index (κ1) is 16.7. The van der Waals surface area contributed by atoms with Crippen molar-refractivity contribution in [3.05, 3.63) is 41.4 Å². The van der Waals surface area contributed by atoms with Crippen molar-refractivity contribution in [3.8, 4) is 11.4 Å². The molecule has 0 spiro atoms. The van der Waals surface area contributed by atoms with Gasteiger partial charge in [0.2, 0.25) is 5.91 Å². The van der Waals surface area contributed by atoms with E-state index in [1.54, 1.807) is 6.20 Å². The summed E-state index contributed by atoms with van der Waals surface area (Å²) in [6, 6.07) is 8.09. The zero-order valence-electron chi connectivity index (χ0n) is 13.4. The Balaban J connectivity index is 1.73. The summed E-state index contributed by atoms with van der Waals surface area (Å²) < 4.78 is 2.03. The van der Waals surface area contributed by atoms with E-state index < -0.39 is 0 Å². The van der Waals surface area contributed by atoms with Gasteiger partial charge < -0.3 is 9.88 Å². The number of hydrogen-bond acceptors (Lipinski definition) is 6. The van der Waals surface area contributed by atoms with Gasteiger partial charge in [-0.25, -0.2) is 4.98 Å². The largest absolute Gasteiger partial charge is 0.302 e. The van der Waals surface area contributed by atoms with Crippen molar-refractivity contribution in [2.75, 3.05) is 11.1 Å². The fourth-order valence-electron chi connectivity index (χ4n) is 2.27. The third kappa shape index (κ3) is 3.65. The number of thioether (sulfide) groups is 1. The van der Waals surface area contributed by atoms with Gasteiger partial charge >= 0.3 is 0 Å². The molecule has 24 heavy (non-hydrogen) atoms. The molecule has 1 aromatic carbocycles. The van der Waals surface area contributed by atoms with Gasteiger partial charge in [-0.15, -0.1) is 21.5 Å². The maximum absolute atomic E-state index is 12.0. The van der Waals surface area contributed by atoms with Crippen LogP contribution in [-0.4, -0.2) is 31.4 Å². The van der Waals surface area contributed by atoms with E-state index >= 15 is 0 Å². The molecule has 1 N–H and O–H groups in total. The molecule has 0 unspecified atom stereocenters. The molecule has 0 aliphatic heterocycles. The van der Waals surface area contributed by atoms with Gasteiger partial charge in [0.15, 0.2) is 16.1 Å². The van der Waals surface area contributed by atoms with Crippen LogP contribution in [0.2, 0.25) is 0 Å². The molecular weight excluding hydrogens is 342 g/mol. The summed E-state index contributed by atoms with van der Waals surface area (Å²) in [5.74, 6) is 1.00. The summed E-state index contributed by atoms with van der Waals surface area (Å²) in [6.45, 7) is 4.84. The van der Waals surface area contributed by atoms with E-state index in [4.69, 9.17) is 0 Å². The van der Waals surface area contributed by atoms with Gasteiger partial charge in [0.25, 0.3) is 0 Å². The average Bonchev–Trinajstić information content (AvgIpc) is 3.22. The van der Waals surface area contributed by atoms with Crippen molar-refractivity contribution in [1.82, 2.24) is 19.7 Å². The Morgan fingerprint density at radius 3 is 2.88 bits per heavy atom. The van der Waals surface area contributed by atoms with Crippen molar-refractivity contribution in [2.45, 2.75) is 25.5 Å². The second-order valence-corrected chi connectivity index (χ2v) is 6.88. The zero-order chi connectivity index (χ0) is 16.9. The van der Waals surface area contributed by atoms with E-state index in [0.29, 0.717) is 5.13 Å². The lowest BCUT2D eigenvalue weighted by molar-refractivity contribution is -0.113. The lowest BCUT2D eigenvalue weighted by Gasteiger charge is -2.09.